The van der Waals surface area contributed by atoms with Gasteiger partial charge in [-0.2, -0.15) is 0 Å². The Bertz CT molecular complexity index is 694. The maximum Gasteiger partial charge on any atom is 0.268 e. The van der Waals surface area contributed by atoms with Crippen LogP contribution in [0.2, 0.25) is 0 Å². The summed E-state index contributed by atoms with van der Waals surface area (Å²) in [6, 6.07) is 1.27. The van der Waals surface area contributed by atoms with E-state index in [2.05, 4.69) is 9.97 Å². The van der Waals surface area contributed by atoms with E-state index < -0.39 is 6.04 Å². The minimum absolute atomic E-state index is 0.117. The number of fused-ring (bicyclic) bond motifs is 1. The van der Waals surface area contributed by atoms with E-state index in [1.807, 2.05) is 19.2 Å². The Balaban J connectivity index is 2.15. The molecule has 2 heterocycles. The Labute approximate surface area is 127 Å². The number of H-pyrrole nitrogens is 1. The molecular formula is C14H20N4O2S. The van der Waals surface area contributed by atoms with E-state index in [4.69, 9.17) is 5.73 Å². The molecule has 2 rings (SSSR count). The molecule has 6 nitrogen and oxygen atoms in total. The molecule has 0 aliphatic carbocycles. The van der Waals surface area contributed by atoms with Crippen molar-refractivity contribution in [2.45, 2.75) is 32.9 Å². The molecular weight excluding hydrogens is 288 g/mol. The fraction of sp³-hybridized carbons (Fsp3) is 0.500. The van der Waals surface area contributed by atoms with Crippen molar-refractivity contribution in [3.8, 4) is 0 Å². The van der Waals surface area contributed by atoms with Crippen LogP contribution in [0, 0.1) is 5.92 Å². The van der Waals surface area contributed by atoms with Gasteiger partial charge in [-0.3, -0.25) is 9.59 Å². The summed E-state index contributed by atoms with van der Waals surface area (Å²) in [5, 5.41) is 1.82. The molecule has 0 radical (unpaired) electrons. The molecule has 0 aliphatic rings. The molecule has 0 aliphatic heterocycles. The number of amides is 1. The molecule has 2 aromatic rings. The zero-order chi connectivity index (χ0) is 15.6. The molecule has 2 atom stereocenters. The van der Waals surface area contributed by atoms with Gasteiger partial charge in [-0.25, -0.2) is 4.98 Å². The topological polar surface area (TPSA) is 92.1 Å². The zero-order valence-electron chi connectivity index (χ0n) is 12.4. The number of aromatic amines is 1. The van der Waals surface area contributed by atoms with E-state index in [-0.39, 0.29) is 23.9 Å². The van der Waals surface area contributed by atoms with Crippen molar-refractivity contribution < 1.29 is 4.79 Å². The summed E-state index contributed by atoms with van der Waals surface area (Å²) >= 11 is 1.35. The Morgan fingerprint density at radius 1 is 1.57 bits per heavy atom. The lowest BCUT2D eigenvalue weighted by Gasteiger charge is -2.24. The van der Waals surface area contributed by atoms with Crippen molar-refractivity contribution in [1.29, 1.82) is 0 Å². The molecule has 7 heteroatoms. The second-order valence-corrected chi connectivity index (χ2v) is 6.17. The van der Waals surface area contributed by atoms with Gasteiger partial charge in [-0.1, -0.05) is 20.3 Å². The number of carbonyl (C=O) groups is 1. The van der Waals surface area contributed by atoms with Gasteiger partial charge >= 0.3 is 0 Å². The van der Waals surface area contributed by atoms with Crippen molar-refractivity contribution in [2.24, 2.45) is 11.7 Å². The van der Waals surface area contributed by atoms with Crippen LogP contribution in [0.15, 0.2) is 16.2 Å². The Morgan fingerprint density at radius 3 is 2.95 bits per heavy atom. The number of nitrogens with two attached hydrogens (primary N) is 1. The van der Waals surface area contributed by atoms with Crippen molar-refractivity contribution in [3.63, 3.8) is 0 Å². The smallest absolute Gasteiger partial charge is 0.268 e. The molecule has 1 amide bonds. The molecule has 3 N–H and O–H groups in total. The highest BCUT2D eigenvalue weighted by Crippen LogP contribution is 2.14. The molecule has 2 aromatic heterocycles. The number of carbonyl (C=O) groups excluding carboxylic acids is 1. The van der Waals surface area contributed by atoms with Crippen LogP contribution in [0.5, 0.6) is 0 Å². The van der Waals surface area contributed by atoms with E-state index in [9.17, 15) is 9.59 Å². The summed E-state index contributed by atoms with van der Waals surface area (Å²) in [5.74, 6) is 0.446. The lowest BCUT2D eigenvalue weighted by Crippen LogP contribution is -2.45. The second kappa shape index (κ2) is 6.36. The highest BCUT2D eigenvalue weighted by Gasteiger charge is 2.23. The van der Waals surface area contributed by atoms with Gasteiger partial charge in [0.25, 0.3) is 5.56 Å². The second-order valence-electron chi connectivity index (χ2n) is 5.25. The Kier molecular flexibility index (Phi) is 4.74. The van der Waals surface area contributed by atoms with Crippen molar-refractivity contribution in [2.75, 3.05) is 7.05 Å². The lowest BCUT2D eigenvalue weighted by molar-refractivity contribution is -0.133. The number of nitrogens with one attached hydrogen (secondary N) is 1. The highest BCUT2D eigenvalue weighted by atomic mass is 32.1. The zero-order valence-corrected chi connectivity index (χ0v) is 13.2. The van der Waals surface area contributed by atoms with Crippen LogP contribution in [0.3, 0.4) is 0 Å². The largest absolute Gasteiger partial charge is 0.337 e. The van der Waals surface area contributed by atoms with Crippen molar-refractivity contribution in [3.05, 3.63) is 27.6 Å². The number of likely N-dealkylation sites (N-methyl/N-ethyl adjacent to an activating group) is 1. The highest BCUT2D eigenvalue weighted by molar-refractivity contribution is 7.17. The van der Waals surface area contributed by atoms with Crippen molar-refractivity contribution >= 4 is 27.5 Å². The van der Waals surface area contributed by atoms with Gasteiger partial charge in [0.15, 0.2) is 0 Å². The number of hydrogen-bond donors (Lipinski definition) is 2. The molecule has 0 aromatic carbocycles. The molecule has 114 valence electrons. The van der Waals surface area contributed by atoms with E-state index in [0.717, 1.165) is 6.42 Å². The number of nitrogens with zero attached hydrogens (tertiary/aromatic N) is 2. The fourth-order valence-corrected chi connectivity index (χ4v) is 2.78. The molecule has 21 heavy (non-hydrogen) atoms. The SMILES string of the molecule is CCC(C)[C@H](N)C(=O)N(C)Cc1nc2ccsc2c(=O)[nH]1. The predicted octanol–water partition coefficient (Wildman–Crippen LogP) is 1.32. The fourth-order valence-electron chi connectivity index (χ4n) is 2.05. The normalized spacial score (nSPS) is 14.1. The first-order valence-electron chi connectivity index (χ1n) is 6.91. The van der Waals surface area contributed by atoms with E-state index in [0.29, 0.717) is 16.0 Å². The maximum atomic E-state index is 12.2. The molecule has 1 unspecified atom stereocenters. The summed E-state index contributed by atoms with van der Waals surface area (Å²) in [4.78, 5) is 32.7. The quantitative estimate of drug-likeness (QED) is 0.871. The Hall–Kier alpha value is -1.73. The summed E-state index contributed by atoms with van der Waals surface area (Å²) < 4.78 is 0.601. The molecule has 0 bridgehead atoms. The summed E-state index contributed by atoms with van der Waals surface area (Å²) in [6.07, 6.45) is 0.844. The molecule has 0 saturated carbocycles. The minimum Gasteiger partial charge on any atom is -0.337 e. The van der Waals surface area contributed by atoms with Crippen LogP contribution in [0.4, 0.5) is 0 Å². The van der Waals surface area contributed by atoms with Gasteiger partial charge in [-0.05, 0) is 17.4 Å². The maximum absolute atomic E-state index is 12.2. The number of hydrogen-bond acceptors (Lipinski definition) is 5. The van der Waals surface area contributed by atoms with Gasteiger partial charge in [0.05, 0.1) is 18.1 Å². The van der Waals surface area contributed by atoms with Crippen LogP contribution in [-0.2, 0) is 11.3 Å². The average molecular weight is 308 g/mol. The first-order valence-corrected chi connectivity index (χ1v) is 7.79. The molecule has 0 fully saturated rings. The van der Waals surface area contributed by atoms with E-state index in [1.165, 1.54) is 16.2 Å². The Morgan fingerprint density at radius 2 is 2.29 bits per heavy atom. The van der Waals surface area contributed by atoms with Gasteiger partial charge in [0, 0.05) is 7.05 Å². The minimum atomic E-state index is -0.531. The first kappa shape index (κ1) is 15.7. The van der Waals surface area contributed by atoms with Crippen LogP contribution in [-0.4, -0.2) is 33.9 Å². The number of thiophene rings is 1. The van der Waals surface area contributed by atoms with Crippen molar-refractivity contribution in [1.82, 2.24) is 14.9 Å². The van der Waals surface area contributed by atoms with Gasteiger partial charge in [-0.15, -0.1) is 11.3 Å². The van der Waals surface area contributed by atoms with Gasteiger partial charge in [0.1, 0.15) is 10.5 Å². The summed E-state index contributed by atoms with van der Waals surface area (Å²) in [5.41, 5.74) is 6.44. The third-order valence-corrected chi connectivity index (χ3v) is 4.57. The first-order chi connectivity index (χ1) is 9.93. The van der Waals surface area contributed by atoms with Gasteiger partial charge in [0.2, 0.25) is 5.91 Å². The lowest BCUT2D eigenvalue weighted by atomic mass is 9.99. The van der Waals surface area contributed by atoms with E-state index in [1.54, 1.807) is 13.1 Å². The third kappa shape index (κ3) is 3.30. The van der Waals surface area contributed by atoms with Crippen LogP contribution in [0.25, 0.3) is 10.2 Å². The summed E-state index contributed by atoms with van der Waals surface area (Å²) in [6.45, 7) is 4.19. The molecule has 0 spiro atoms. The molecule has 0 saturated heterocycles. The van der Waals surface area contributed by atoms with Crippen LogP contribution >= 0.6 is 11.3 Å². The van der Waals surface area contributed by atoms with E-state index >= 15 is 0 Å². The predicted molar refractivity (Wildman–Crippen MR) is 84.1 cm³/mol. The summed E-state index contributed by atoms with van der Waals surface area (Å²) in [7, 11) is 1.67. The number of rotatable bonds is 5. The van der Waals surface area contributed by atoms with Crippen LogP contribution < -0.4 is 11.3 Å². The van der Waals surface area contributed by atoms with Crippen LogP contribution in [0.1, 0.15) is 26.1 Å². The standard InChI is InChI=1S/C14H20N4O2S/c1-4-8(2)11(15)14(20)18(3)7-10-16-9-5-6-21-12(9)13(19)17-10/h5-6,8,11H,4,7,15H2,1-3H3,(H,16,17,19)/t8?,11-/m0/s1. The third-order valence-electron chi connectivity index (χ3n) is 3.67. The van der Waals surface area contributed by atoms with Gasteiger partial charge < -0.3 is 15.6 Å². The monoisotopic (exact) mass is 308 g/mol. The number of aromatic nitrogens is 2. The average Bonchev–Trinajstić information content (AvgIpc) is 2.93.